The van der Waals surface area contributed by atoms with Crippen LogP contribution in [0, 0.1) is 20.8 Å². The number of hydrogen-bond acceptors (Lipinski definition) is 3. The van der Waals surface area contributed by atoms with Gasteiger partial charge in [-0.05, 0) is 57.6 Å². The standard InChI is InChI=1S/C18H24N2O2/c1-10-4-5-11(2)16-15(10)12(3)17(22-16)18(21)20-14-8-6-13(19)7-9-14/h4-5,13-14H,6-9,19H2,1-3H3,(H,20,21). The van der Waals surface area contributed by atoms with Crippen LogP contribution in [0.15, 0.2) is 16.5 Å². The van der Waals surface area contributed by atoms with Crippen molar-refractivity contribution in [3.63, 3.8) is 0 Å². The number of nitrogens with one attached hydrogen (secondary N) is 1. The predicted molar refractivity (Wildman–Crippen MR) is 88.1 cm³/mol. The van der Waals surface area contributed by atoms with E-state index in [2.05, 4.69) is 18.3 Å². The van der Waals surface area contributed by atoms with Gasteiger partial charge in [-0.2, -0.15) is 0 Å². The van der Waals surface area contributed by atoms with E-state index in [1.807, 2.05) is 19.9 Å². The summed E-state index contributed by atoms with van der Waals surface area (Å²) in [6, 6.07) is 4.60. The van der Waals surface area contributed by atoms with Gasteiger partial charge >= 0.3 is 0 Å². The Kier molecular flexibility index (Phi) is 3.96. The molecule has 1 aromatic heterocycles. The lowest BCUT2D eigenvalue weighted by Crippen LogP contribution is -2.40. The number of fused-ring (bicyclic) bond motifs is 1. The molecular weight excluding hydrogens is 276 g/mol. The van der Waals surface area contributed by atoms with Crippen molar-refractivity contribution in [1.29, 1.82) is 0 Å². The molecule has 0 saturated heterocycles. The Labute approximate surface area is 131 Å². The Morgan fingerprint density at radius 1 is 1.14 bits per heavy atom. The first-order valence-electron chi connectivity index (χ1n) is 8.03. The summed E-state index contributed by atoms with van der Waals surface area (Å²) in [5, 5.41) is 4.17. The molecule has 1 heterocycles. The summed E-state index contributed by atoms with van der Waals surface area (Å²) in [4.78, 5) is 12.6. The second kappa shape index (κ2) is 5.76. The van der Waals surface area contributed by atoms with Gasteiger partial charge in [-0.25, -0.2) is 0 Å². The molecule has 0 aliphatic heterocycles. The third-order valence-electron chi connectivity index (χ3n) is 4.80. The maximum absolute atomic E-state index is 12.6. The summed E-state index contributed by atoms with van der Waals surface area (Å²) in [5.41, 5.74) is 9.88. The zero-order valence-corrected chi connectivity index (χ0v) is 13.5. The number of rotatable bonds is 2. The molecule has 0 unspecified atom stereocenters. The van der Waals surface area contributed by atoms with Crippen LogP contribution in [-0.4, -0.2) is 18.0 Å². The van der Waals surface area contributed by atoms with Crippen LogP contribution >= 0.6 is 0 Å². The molecule has 3 rings (SSSR count). The van der Waals surface area contributed by atoms with Gasteiger partial charge in [-0.3, -0.25) is 4.79 Å². The highest BCUT2D eigenvalue weighted by Gasteiger charge is 2.24. The van der Waals surface area contributed by atoms with Crippen molar-refractivity contribution in [3.8, 4) is 0 Å². The number of aryl methyl sites for hydroxylation is 3. The number of nitrogens with two attached hydrogens (primary N) is 1. The minimum Gasteiger partial charge on any atom is -0.450 e. The zero-order valence-electron chi connectivity index (χ0n) is 13.5. The SMILES string of the molecule is Cc1ccc(C)c2c(C)c(C(=O)NC3CCC(N)CC3)oc12. The van der Waals surface area contributed by atoms with Crippen molar-refractivity contribution in [2.24, 2.45) is 5.73 Å². The molecular formula is C18H24N2O2. The van der Waals surface area contributed by atoms with Crippen LogP contribution in [0.25, 0.3) is 11.0 Å². The van der Waals surface area contributed by atoms with Gasteiger partial charge in [0.1, 0.15) is 5.58 Å². The first-order valence-corrected chi connectivity index (χ1v) is 8.03. The summed E-state index contributed by atoms with van der Waals surface area (Å²) in [6.07, 6.45) is 3.85. The number of amides is 1. The number of benzene rings is 1. The van der Waals surface area contributed by atoms with Gasteiger partial charge in [-0.1, -0.05) is 12.1 Å². The number of carbonyl (C=O) groups is 1. The molecule has 1 aliphatic carbocycles. The Bertz CT molecular complexity index is 709. The minimum atomic E-state index is -0.104. The summed E-state index contributed by atoms with van der Waals surface area (Å²) in [6.45, 7) is 6.02. The lowest BCUT2D eigenvalue weighted by atomic mass is 9.92. The fraction of sp³-hybridized carbons (Fsp3) is 0.500. The average molecular weight is 300 g/mol. The fourth-order valence-electron chi connectivity index (χ4n) is 3.41. The molecule has 1 amide bonds. The van der Waals surface area contributed by atoms with Crippen molar-refractivity contribution < 1.29 is 9.21 Å². The smallest absolute Gasteiger partial charge is 0.287 e. The quantitative estimate of drug-likeness (QED) is 0.893. The topological polar surface area (TPSA) is 68.3 Å². The number of hydrogen-bond donors (Lipinski definition) is 2. The summed E-state index contributed by atoms with van der Waals surface area (Å²) in [7, 11) is 0. The molecule has 4 nitrogen and oxygen atoms in total. The molecule has 118 valence electrons. The van der Waals surface area contributed by atoms with E-state index < -0.39 is 0 Å². The lowest BCUT2D eigenvalue weighted by molar-refractivity contribution is 0.0899. The minimum absolute atomic E-state index is 0.104. The van der Waals surface area contributed by atoms with Gasteiger partial charge in [0.05, 0.1) is 0 Å². The molecule has 0 bridgehead atoms. The molecule has 1 fully saturated rings. The zero-order chi connectivity index (χ0) is 15.9. The van der Waals surface area contributed by atoms with Gasteiger partial charge < -0.3 is 15.5 Å². The fourth-order valence-corrected chi connectivity index (χ4v) is 3.41. The van der Waals surface area contributed by atoms with Crippen LogP contribution < -0.4 is 11.1 Å². The normalized spacial score (nSPS) is 22.0. The van der Waals surface area contributed by atoms with E-state index >= 15 is 0 Å². The van der Waals surface area contributed by atoms with Crippen molar-refractivity contribution in [3.05, 3.63) is 34.6 Å². The monoisotopic (exact) mass is 300 g/mol. The van der Waals surface area contributed by atoms with Crippen molar-refractivity contribution in [1.82, 2.24) is 5.32 Å². The Morgan fingerprint density at radius 2 is 1.77 bits per heavy atom. The highest BCUT2D eigenvalue weighted by molar-refractivity contribution is 6.00. The van der Waals surface area contributed by atoms with E-state index in [1.54, 1.807) is 0 Å². The molecule has 1 saturated carbocycles. The molecule has 22 heavy (non-hydrogen) atoms. The van der Waals surface area contributed by atoms with Crippen molar-refractivity contribution in [2.45, 2.75) is 58.5 Å². The van der Waals surface area contributed by atoms with E-state index in [4.69, 9.17) is 10.2 Å². The molecule has 2 aromatic rings. The first kappa shape index (κ1) is 15.1. The highest BCUT2D eigenvalue weighted by atomic mass is 16.3. The van der Waals surface area contributed by atoms with E-state index in [1.165, 1.54) is 0 Å². The van der Waals surface area contributed by atoms with Crippen molar-refractivity contribution >= 4 is 16.9 Å². The van der Waals surface area contributed by atoms with Crippen LogP contribution in [0.5, 0.6) is 0 Å². The third kappa shape index (κ3) is 2.63. The van der Waals surface area contributed by atoms with Gasteiger partial charge in [0.15, 0.2) is 5.76 Å². The molecule has 0 spiro atoms. The second-order valence-electron chi connectivity index (χ2n) is 6.54. The second-order valence-corrected chi connectivity index (χ2v) is 6.54. The van der Waals surface area contributed by atoms with E-state index in [-0.39, 0.29) is 18.0 Å². The lowest BCUT2D eigenvalue weighted by Gasteiger charge is -2.26. The van der Waals surface area contributed by atoms with Gasteiger partial charge in [0.25, 0.3) is 5.91 Å². The van der Waals surface area contributed by atoms with E-state index in [0.29, 0.717) is 5.76 Å². The van der Waals surface area contributed by atoms with Gasteiger partial charge in [0.2, 0.25) is 0 Å². The number of carbonyl (C=O) groups excluding carboxylic acids is 1. The van der Waals surface area contributed by atoms with Crippen molar-refractivity contribution in [2.75, 3.05) is 0 Å². The molecule has 3 N–H and O–H groups in total. The van der Waals surface area contributed by atoms with Crippen LogP contribution in [0.1, 0.15) is 52.9 Å². The maximum Gasteiger partial charge on any atom is 0.287 e. The summed E-state index contributed by atoms with van der Waals surface area (Å²) >= 11 is 0. The molecule has 1 aromatic carbocycles. The maximum atomic E-state index is 12.6. The van der Waals surface area contributed by atoms with Crippen LogP contribution in [0.3, 0.4) is 0 Å². The van der Waals surface area contributed by atoms with Crippen LogP contribution in [0.2, 0.25) is 0 Å². The third-order valence-corrected chi connectivity index (χ3v) is 4.80. The van der Waals surface area contributed by atoms with E-state index in [0.717, 1.165) is 53.3 Å². The molecule has 1 aliphatic rings. The largest absolute Gasteiger partial charge is 0.450 e. The Balaban J connectivity index is 1.87. The van der Waals surface area contributed by atoms with Crippen LogP contribution in [0.4, 0.5) is 0 Å². The molecule has 0 radical (unpaired) electrons. The predicted octanol–water partition coefficient (Wildman–Crippen LogP) is 3.36. The summed E-state index contributed by atoms with van der Waals surface area (Å²) < 4.78 is 5.90. The first-order chi connectivity index (χ1) is 10.5. The van der Waals surface area contributed by atoms with E-state index in [9.17, 15) is 4.79 Å². The summed E-state index contributed by atoms with van der Waals surface area (Å²) in [5.74, 6) is 0.343. The highest BCUT2D eigenvalue weighted by Crippen LogP contribution is 2.30. The molecule has 4 heteroatoms. The van der Waals surface area contributed by atoms with Gasteiger partial charge in [-0.15, -0.1) is 0 Å². The Morgan fingerprint density at radius 3 is 2.41 bits per heavy atom. The number of furan rings is 1. The molecule has 0 atom stereocenters. The Hall–Kier alpha value is -1.81. The van der Waals surface area contributed by atoms with Gasteiger partial charge in [0, 0.05) is 23.0 Å². The average Bonchev–Trinajstić information content (AvgIpc) is 2.84. The van der Waals surface area contributed by atoms with Crippen LogP contribution in [-0.2, 0) is 0 Å².